The van der Waals surface area contributed by atoms with E-state index in [4.69, 9.17) is 4.74 Å². The molecule has 3 aromatic rings. The van der Waals surface area contributed by atoms with Crippen molar-refractivity contribution in [2.45, 2.75) is 19.5 Å². The van der Waals surface area contributed by atoms with Gasteiger partial charge in [-0.2, -0.15) is 0 Å². The number of benzene rings is 2. The molecule has 1 aliphatic heterocycles. The Kier molecular flexibility index (Phi) is 5.54. The molecular formula is C25H22N2O4. The molecule has 0 saturated carbocycles. The number of Topliss-reactive ketones (excluding diaryl/α,β-unsaturated/α-hetero) is 1. The highest BCUT2D eigenvalue weighted by Crippen LogP contribution is 2.40. The molecule has 0 spiro atoms. The van der Waals surface area contributed by atoms with Crippen LogP contribution in [-0.4, -0.2) is 33.8 Å². The molecule has 6 heteroatoms. The van der Waals surface area contributed by atoms with Gasteiger partial charge in [0.25, 0.3) is 11.7 Å². The number of amides is 1. The van der Waals surface area contributed by atoms with Gasteiger partial charge < -0.3 is 14.7 Å². The number of carbonyl (C=O) groups is 2. The first-order valence-corrected chi connectivity index (χ1v) is 9.88. The number of nitrogens with zero attached hydrogens (tertiary/aromatic N) is 2. The van der Waals surface area contributed by atoms with Crippen LogP contribution in [0, 0.1) is 6.92 Å². The van der Waals surface area contributed by atoms with E-state index < -0.39 is 17.7 Å². The molecule has 1 saturated heterocycles. The summed E-state index contributed by atoms with van der Waals surface area (Å²) in [6, 6.07) is 17.3. The average Bonchev–Trinajstić information content (AvgIpc) is 3.04. The molecule has 6 nitrogen and oxygen atoms in total. The number of aliphatic hydroxyl groups excluding tert-OH is 1. The Morgan fingerprint density at radius 1 is 1.10 bits per heavy atom. The summed E-state index contributed by atoms with van der Waals surface area (Å²) in [6.07, 6.45) is 3.31. The normalized spacial score (nSPS) is 17.7. The maximum Gasteiger partial charge on any atom is 0.295 e. The van der Waals surface area contributed by atoms with Crippen LogP contribution in [0.3, 0.4) is 0 Å². The molecule has 0 bridgehead atoms. The zero-order valence-electron chi connectivity index (χ0n) is 17.3. The predicted octanol–water partition coefficient (Wildman–Crippen LogP) is 4.02. The quantitative estimate of drug-likeness (QED) is 0.388. The number of likely N-dealkylation sites (tertiary alicyclic amines) is 1. The van der Waals surface area contributed by atoms with Gasteiger partial charge >= 0.3 is 0 Å². The van der Waals surface area contributed by atoms with Crippen molar-refractivity contribution in [1.82, 2.24) is 9.88 Å². The minimum atomic E-state index is -0.705. The Morgan fingerprint density at radius 3 is 2.52 bits per heavy atom. The fourth-order valence-corrected chi connectivity index (χ4v) is 3.89. The van der Waals surface area contributed by atoms with Crippen LogP contribution in [0.15, 0.2) is 78.6 Å². The van der Waals surface area contributed by atoms with Crippen molar-refractivity contribution in [3.63, 3.8) is 0 Å². The molecule has 1 amide bonds. The maximum atomic E-state index is 13.1. The van der Waals surface area contributed by atoms with E-state index in [0.717, 1.165) is 16.7 Å². The second kappa shape index (κ2) is 8.44. The van der Waals surface area contributed by atoms with Crippen molar-refractivity contribution < 1.29 is 19.4 Å². The van der Waals surface area contributed by atoms with Gasteiger partial charge in [-0.15, -0.1) is 0 Å². The lowest BCUT2D eigenvalue weighted by atomic mass is 9.94. The van der Waals surface area contributed by atoms with Crippen LogP contribution in [0.5, 0.6) is 5.75 Å². The highest BCUT2D eigenvalue weighted by molar-refractivity contribution is 6.46. The predicted molar refractivity (Wildman–Crippen MR) is 116 cm³/mol. The van der Waals surface area contributed by atoms with E-state index in [9.17, 15) is 14.7 Å². The van der Waals surface area contributed by atoms with Crippen molar-refractivity contribution in [3.8, 4) is 5.75 Å². The molecule has 0 aliphatic carbocycles. The summed E-state index contributed by atoms with van der Waals surface area (Å²) in [6.45, 7) is 2.06. The number of aliphatic hydroxyl groups is 1. The summed E-state index contributed by atoms with van der Waals surface area (Å²) in [5.74, 6) is -0.881. The average molecular weight is 414 g/mol. The number of aryl methyl sites for hydroxylation is 1. The largest absolute Gasteiger partial charge is 0.507 e. The molecule has 156 valence electrons. The number of hydrogen-bond donors (Lipinski definition) is 1. The van der Waals surface area contributed by atoms with Crippen LogP contribution in [0.25, 0.3) is 5.76 Å². The first kappa shape index (κ1) is 20.3. The van der Waals surface area contributed by atoms with Gasteiger partial charge in [-0.05, 0) is 47.9 Å². The molecule has 1 aliphatic rings. The van der Waals surface area contributed by atoms with Gasteiger partial charge in [-0.1, -0.05) is 36.4 Å². The van der Waals surface area contributed by atoms with Crippen molar-refractivity contribution in [3.05, 3.63) is 101 Å². The second-order valence-corrected chi connectivity index (χ2v) is 7.38. The van der Waals surface area contributed by atoms with Gasteiger partial charge in [-0.3, -0.25) is 14.6 Å². The Bertz CT molecular complexity index is 1160. The van der Waals surface area contributed by atoms with E-state index in [1.165, 1.54) is 4.90 Å². The van der Waals surface area contributed by atoms with Crippen molar-refractivity contribution in [2.24, 2.45) is 0 Å². The summed E-state index contributed by atoms with van der Waals surface area (Å²) in [7, 11) is 1.57. The van der Waals surface area contributed by atoms with Gasteiger partial charge in [0, 0.05) is 24.5 Å². The van der Waals surface area contributed by atoms with Crippen LogP contribution in [0.2, 0.25) is 0 Å². The molecule has 0 radical (unpaired) electrons. The fourth-order valence-electron chi connectivity index (χ4n) is 3.89. The van der Waals surface area contributed by atoms with E-state index in [0.29, 0.717) is 11.3 Å². The number of rotatable bonds is 5. The zero-order valence-corrected chi connectivity index (χ0v) is 17.3. The lowest BCUT2D eigenvalue weighted by molar-refractivity contribution is -0.140. The smallest absolute Gasteiger partial charge is 0.295 e. The van der Waals surface area contributed by atoms with Crippen molar-refractivity contribution in [2.75, 3.05) is 7.11 Å². The molecule has 1 atom stereocenters. The molecule has 2 aromatic carbocycles. The minimum absolute atomic E-state index is 0.0738. The Hall–Kier alpha value is -3.93. The van der Waals surface area contributed by atoms with Gasteiger partial charge in [0.1, 0.15) is 11.5 Å². The number of pyridine rings is 1. The second-order valence-electron chi connectivity index (χ2n) is 7.38. The lowest BCUT2D eigenvalue weighted by Crippen LogP contribution is -2.29. The summed E-state index contributed by atoms with van der Waals surface area (Å²) in [4.78, 5) is 31.6. The SMILES string of the molecule is COc1ccc(/C(O)=C2\C(=O)C(=O)N(Cc3cccnc3)[C@@H]2c2ccccc2)cc1C. The molecular weight excluding hydrogens is 392 g/mol. The van der Waals surface area contributed by atoms with Gasteiger partial charge in [0.05, 0.1) is 18.7 Å². The Labute approximate surface area is 180 Å². The third-order valence-corrected chi connectivity index (χ3v) is 5.40. The molecule has 1 aromatic heterocycles. The first-order chi connectivity index (χ1) is 15.0. The third-order valence-electron chi connectivity index (χ3n) is 5.40. The number of carbonyl (C=O) groups excluding carboxylic acids is 2. The van der Waals surface area contributed by atoms with E-state index in [2.05, 4.69) is 4.98 Å². The Morgan fingerprint density at radius 2 is 1.87 bits per heavy atom. The summed E-state index contributed by atoms with van der Waals surface area (Å²) in [5.41, 5.74) is 2.89. The highest BCUT2D eigenvalue weighted by Gasteiger charge is 2.46. The van der Waals surface area contributed by atoms with Gasteiger partial charge in [-0.25, -0.2) is 0 Å². The molecule has 0 unspecified atom stereocenters. The summed E-state index contributed by atoms with van der Waals surface area (Å²) in [5, 5.41) is 11.1. The highest BCUT2D eigenvalue weighted by atomic mass is 16.5. The van der Waals surface area contributed by atoms with Gasteiger partial charge in [0.2, 0.25) is 0 Å². The summed E-state index contributed by atoms with van der Waals surface area (Å²) < 4.78 is 5.28. The van der Waals surface area contributed by atoms with Crippen LogP contribution in [0.1, 0.15) is 28.3 Å². The van der Waals surface area contributed by atoms with Crippen LogP contribution < -0.4 is 4.74 Å². The molecule has 4 rings (SSSR count). The van der Waals surface area contributed by atoms with E-state index in [1.807, 2.05) is 43.3 Å². The molecule has 1 fully saturated rings. The van der Waals surface area contributed by atoms with Crippen molar-refractivity contribution >= 4 is 17.4 Å². The fraction of sp³-hybridized carbons (Fsp3) is 0.160. The van der Waals surface area contributed by atoms with E-state index in [1.54, 1.807) is 43.8 Å². The van der Waals surface area contributed by atoms with Crippen molar-refractivity contribution in [1.29, 1.82) is 0 Å². The lowest BCUT2D eigenvalue weighted by Gasteiger charge is -2.25. The maximum absolute atomic E-state index is 13.1. The minimum Gasteiger partial charge on any atom is -0.507 e. The number of ketones is 1. The standard InChI is InChI=1S/C25H22N2O4/c1-16-13-19(10-11-20(16)31-2)23(28)21-22(18-8-4-3-5-9-18)27(25(30)24(21)29)15-17-7-6-12-26-14-17/h3-14,22,28H,15H2,1-2H3/b23-21+/t22-/m1/s1. The topological polar surface area (TPSA) is 79.7 Å². The van der Waals surface area contributed by atoms with E-state index in [-0.39, 0.29) is 17.9 Å². The summed E-state index contributed by atoms with van der Waals surface area (Å²) >= 11 is 0. The van der Waals surface area contributed by atoms with Gasteiger partial charge in [0.15, 0.2) is 0 Å². The molecule has 31 heavy (non-hydrogen) atoms. The zero-order chi connectivity index (χ0) is 22.0. The molecule has 2 heterocycles. The van der Waals surface area contributed by atoms with Crippen LogP contribution >= 0.6 is 0 Å². The van der Waals surface area contributed by atoms with Crippen LogP contribution in [-0.2, 0) is 16.1 Å². The third kappa shape index (κ3) is 3.80. The monoisotopic (exact) mass is 414 g/mol. The van der Waals surface area contributed by atoms with E-state index >= 15 is 0 Å². The van der Waals surface area contributed by atoms with Crippen LogP contribution in [0.4, 0.5) is 0 Å². The number of ether oxygens (including phenoxy) is 1. The number of methoxy groups -OCH3 is 1. The number of hydrogen-bond acceptors (Lipinski definition) is 5. The number of aromatic nitrogens is 1. The first-order valence-electron chi connectivity index (χ1n) is 9.88. The molecule has 1 N–H and O–H groups in total. The Balaban J connectivity index is 1.85.